The van der Waals surface area contributed by atoms with Crippen LogP contribution in [0.3, 0.4) is 0 Å². The van der Waals surface area contributed by atoms with Gasteiger partial charge in [-0.05, 0) is 49.7 Å². The highest BCUT2D eigenvalue weighted by molar-refractivity contribution is 6.05. The van der Waals surface area contributed by atoms with E-state index in [0.717, 1.165) is 5.56 Å². The Labute approximate surface area is 262 Å². The van der Waals surface area contributed by atoms with Crippen LogP contribution in [0.1, 0.15) is 56.3 Å². The highest BCUT2D eigenvalue weighted by Crippen LogP contribution is 2.25. The van der Waals surface area contributed by atoms with E-state index >= 15 is 0 Å². The first-order chi connectivity index (χ1) is 22.2. The van der Waals surface area contributed by atoms with Crippen molar-refractivity contribution in [2.75, 3.05) is 11.9 Å². The number of carbonyl (C=O) groups is 3. The molecule has 0 atom stereocenters. The lowest BCUT2D eigenvalue weighted by Crippen LogP contribution is -2.46. The molecule has 234 valence electrons. The van der Waals surface area contributed by atoms with Crippen LogP contribution in [0.4, 0.5) is 5.69 Å². The normalized spacial score (nSPS) is 12.7. The summed E-state index contributed by atoms with van der Waals surface area (Å²) in [5.74, 6) is -1.25. The number of aromatic nitrogens is 4. The number of hydrogen-bond acceptors (Lipinski definition) is 7. The number of nitrogens with one attached hydrogen (secondary N) is 3. The van der Waals surface area contributed by atoms with Crippen molar-refractivity contribution in [2.24, 2.45) is 0 Å². The van der Waals surface area contributed by atoms with Gasteiger partial charge in [0.05, 0.1) is 12.1 Å². The lowest BCUT2D eigenvalue weighted by Gasteiger charge is -2.35. The minimum absolute atomic E-state index is 0.0190. The molecule has 3 amide bonds. The van der Waals surface area contributed by atoms with E-state index in [4.69, 9.17) is 4.74 Å². The standard InChI is InChI=1S/C33H31N7O6/c1-20(2)38-13-14-39-25(16-26(41)29(28(39)32(38)44)46-19-21-7-4-3-5-8-21)17-34-30(42)22-9-6-10-24(15-22)35-31(43)23-11-12-27-36-37-33(45)40(27)18-23/h3-12,15-16,18,20H,13-14,17,19H2,1-2H3,(H,34,42)(H,35,43)(H,37,45). The molecular formula is C33H31N7O6. The molecule has 0 radical (unpaired) electrons. The molecule has 5 aromatic rings. The van der Waals surface area contributed by atoms with Gasteiger partial charge in [0.1, 0.15) is 6.61 Å². The number of carbonyl (C=O) groups excluding carboxylic acids is 3. The molecule has 6 rings (SSSR count). The minimum atomic E-state index is -0.478. The van der Waals surface area contributed by atoms with Crippen molar-refractivity contribution in [1.29, 1.82) is 0 Å². The molecule has 2 aromatic carbocycles. The van der Waals surface area contributed by atoms with Crippen molar-refractivity contribution in [3.63, 3.8) is 0 Å². The van der Waals surface area contributed by atoms with E-state index in [-0.39, 0.29) is 47.7 Å². The number of aromatic amines is 1. The van der Waals surface area contributed by atoms with Gasteiger partial charge in [-0.1, -0.05) is 36.4 Å². The molecule has 1 aliphatic rings. The molecule has 4 heterocycles. The van der Waals surface area contributed by atoms with Crippen molar-refractivity contribution in [2.45, 2.75) is 39.6 Å². The molecule has 0 spiro atoms. The summed E-state index contributed by atoms with van der Waals surface area (Å²) in [5.41, 5.74) is 1.79. The zero-order valence-electron chi connectivity index (χ0n) is 25.1. The van der Waals surface area contributed by atoms with E-state index in [0.29, 0.717) is 30.1 Å². The zero-order valence-corrected chi connectivity index (χ0v) is 25.1. The molecule has 0 aliphatic carbocycles. The van der Waals surface area contributed by atoms with Crippen LogP contribution < -0.4 is 26.5 Å². The Morgan fingerprint density at radius 1 is 0.935 bits per heavy atom. The smallest absolute Gasteiger partial charge is 0.347 e. The Morgan fingerprint density at radius 3 is 2.52 bits per heavy atom. The number of benzene rings is 2. The van der Waals surface area contributed by atoms with E-state index in [2.05, 4.69) is 20.8 Å². The highest BCUT2D eigenvalue weighted by Gasteiger charge is 2.32. The number of ether oxygens (including phenoxy) is 1. The fourth-order valence-electron chi connectivity index (χ4n) is 5.35. The monoisotopic (exact) mass is 621 g/mol. The maximum atomic E-state index is 13.6. The van der Waals surface area contributed by atoms with Gasteiger partial charge in [0.2, 0.25) is 5.43 Å². The van der Waals surface area contributed by atoms with Crippen LogP contribution in [0.5, 0.6) is 5.75 Å². The van der Waals surface area contributed by atoms with Crippen LogP contribution in [-0.2, 0) is 19.7 Å². The predicted molar refractivity (Wildman–Crippen MR) is 169 cm³/mol. The number of anilines is 1. The third-order valence-corrected chi connectivity index (χ3v) is 7.72. The van der Waals surface area contributed by atoms with Crippen molar-refractivity contribution in [3.05, 3.63) is 128 Å². The van der Waals surface area contributed by atoms with Gasteiger partial charge in [-0.15, -0.1) is 0 Å². The number of pyridine rings is 2. The molecule has 3 aromatic heterocycles. The second kappa shape index (κ2) is 12.6. The molecular weight excluding hydrogens is 590 g/mol. The van der Waals surface area contributed by atoms with Gasteiger partial charge in [0.25, 0.3) is 17.7 Å². The lowest BCUT2D eigenvalue weighted by molar-refractivity contribution is 0.0636. The van der Waals surface area contributed by atoms with Crippen LogP contribution in [0, 0.1) is 0 Å². The van der Waals surface area contributed by atoms with Gasteiger partial charge >= 0.3 is 5.69 Å². The van der Waals surface area contributed by atoms with Crippen molar-refractivity contribution >= 4 is 29.1 Å². The molecule has 0 saturated carbocycles. The average Bonchev–Trinajstić information content (AvgIpc) is 3.43. The summed E-state index contributed by atoms with van der Waals surface area (Å²) in [6, 6.07) is 20.1. The van der Waals surface area contributed by atoms with Crippen LogP contribution in [0.25, 0.3) is 5.65 Å². The van der Waals surface area contributed by atoms with Gasteiger partial charge in [-0.3, -0.25) is 19.2 Å². The summed E-state index contributed by atoms with van der Waals surface area (Å²) < 4.78 is 8.90. The van der Waals surface area contributed by atoms with Gasteiger partial charge in [0.15, 0.2) is 17.1 Å². The van der Waals surface area contributed by atoms with E-state index in [1.54, 1.807) is 27.7 Å². The van der Waals surface area contributed by atoms with Crippen molar-refractivity contribution in [3.8, 4) is 5.75 Å². The van der Waals surface area contributed by atoms with E-state index in [1.165, 1.54) is 34.9 Å². The molecule has 46 heavy (non-hydrogen) atoms. The number of hydrogen-bond donors (Lipinski definition) is 3. The Bertz CT molecular complexity index is 2080. The predicted octanol–water partition coefficient (Wildman–Crippen LogP) is 2.81. The fraction of sp³-hybridized carbons (Fsp3) is 0.212. The van der Waals surface area contributed by atoms with Gasteiger partial charge < -0.3 is 24.8 Å². The SMILES string of the molecule is CC(C)N1CCn2c(CNC(=O)c3cccc(NC(=O)c4ccc5n[nH]c(=O)n5c4)c3)cc(=O)c(OCc3ccccc3)c2C1=O. The zero-order chi connectivity index (χ0) is 32.4. The van der Waals surface area contributed by atoms with Gasteiger partial charge in [-0.25, -0.2) is 14.3 Å². The molecule has 13 heteroatoms. The van der Waals surface area contributed by atoms with Gasteiger partial charge in [0, 0.05) is 48.3 Å². The van der Waals surface area contributed by atoms with E-state index in [9.17, 15) is 24.0 Å². The first kappa shape index (κ1) is 30.1. The Balaban J connectivity index is 1.20. The Hall–Kier alpha value is -5.98. The molecule has 0 fully saturated rings. The van der Waals surface area contributed by atoms with Crippen LogP contribution in [0.15, 0.2) is 88.6 Å². The Kier molecular flexibility index (Phi) is 8.21. The van der Waals surface area contributed by atoms with Crippen LogP contribution in [-0.4, -0.2) is 54.4 Å². The maximum Gasteiger partial charge on any atom is 0.347 e. The highest BCUT2D eigenvalue weighted by atomic mass is 16.5. The quantitative estimate of drug-likeness (QED) is 0.228. The minimum Gasteiger partial charge on any atom is -0.483 e. The maximum absolute atomic E-state index is 13.6. The summed E-state index contributed by atoms with van der Waals surface area (Å²) >= 11 is 0. The molecule has 0 saturated heterocycles. The molecule has 0 bridgehead atoms. The summed E-state index contributed by atoms with van der Waals surface area (Å²) in [7, 11) is 0. The molecule has 1 aliphatic heterocycles. The second-order valence-corrected chi connectivity index (χ2v) is 11.1. The van der Waals surface area contributed by atoms with E-state index in [1.807, 2.05) is 44.2 Å². The topological polar surface area (TPSA) is 160 Å². The number of nitrogens with zero attached hydrogens (tertiary/aromatic N) is 4. The average molecular weight is 622 g/mol. The first-order valence-electron chi connectivity index (χ1n) is 14.7. The van der Waals surface area contributed by atoms with Crippen molar-refractivity contribution in [1.82, 2.24) is 29.4 Å². The lowest BCUT2D eigenvalue weighted by atomic mass is 10.1. The summed E-state index contributed by atoms with van der Waals surface area (Å²) in [6.45, 7) is 4.79. The molecule has 13 nitrogen and oxygen atoms in total. The number of rotatable bonds is 9. The van der Waals surface area contributed by atoms with E-state index < -0.39 is 22.9 Å². The number of H-pyrrole nitrogens is 1. The van der Waals surface area contributed by atoms with Gasteiger partial charge in [-0.2, -0.15) is 5.10 Å². The number of amides is 3. The summed E-state index contributed by atoms with van der Waals surface area (Å²) in [5, 5.41) is 11.7. The summed E-state index contributed by atoms with van der Waals surface area (Å²) in [6.07, 6.45) is 1.37. The number of fused-ring (bicyclic) bond motifs is 2. The first-order valence-corrected chi connectivity index (χ1v) is 14.7. The summed E-state index contributed by atoms with van der Waals surface area (Å²) in [4.78, 5) is 66.6. The van der Waals surface area contributed by atoms with Crippen molar-refractivity contribution < 1.29 is 19.1 Å². The van der Waals surface area contributed by atoms with Crippen LogP contribution >= 0.6 is 0 Å². The largest absolute Gasteiger partial charge is 0.483 e. The third-order valence-electron chi connectivity index (χ3n) is 7.72. The Morgan fingerprint density at radius 2 is 1.74 bits per heavy atom. The second-order valence-electron chi connectivity index (χ2n) is 11.1. The fourth-order valence-corrected chi connectivity index (χ4v) is 5.35. The molecule has 0 unspecified atom stereocenters. The molecule has 3 N–H and O–H groups in total. The van der Waals surface area contributed by atoms with Crippen LogP contribution in [0.2, 0.25) is 0 Å². The third kappa shape index (κ3) is 6.02.